The molecule has 0 radical (unpaired) electrons. The van der Waals surface area contributed by atoms with E-state index in [0.717, 1.165) is 38.5 Å². The number of cyclic esters (lactones) is 4. The Bertz CT molecular complexity index is 1380. The third kappa shape index (κ3) is 4.39. The molecule has 2 aromatic carbocycles. The van der Waals surface area contributed by atoms with Crippen molar-refractivity contribution in [2.75, 3.05) is 0 Å². The summed E-state index contributed by atoms with van der Waals surface area (Å²) in [4.78, 5) is 50.4. The fourth-order valence-corrected chi connectivity index (χ4v) is 7.28. The van der Waals surface area contributed by atoms with Gasteiger partial charge in [-0.15, -0.1) is 0 Å². The van der Waals surface area contributed by atoms with Crippen LogP contribution in [0.2, 0.25) is 0 Å². The van der Waals surface area contributed by atoms with Crippen LogP contribution in [0.25, 0.3) is 0 Å². The second kappa shape index (κ2) is 10.4. The molecule has 2 aliphatic carbocycles. The van der Waals surface area contributed by atoms with Crippen molar-refractivity contribution in [3.05, 3.63) is 64.7 Å². The van der Waals surface area contributed by atoms with Crippen molar-refractivity contribution in [2.45, 2.75) is 75.7 Å². The SMILES string of the molecule is CCCC1CCC(c2ccc(OC3C4C(=O)OC(=O)C4c4ccccc4C3C3CC(=O)OC3=O)c(F)c2F)CC1. The first-order chi connectivity index (χ1) is 19.3. The van der Waals surface area contributed by atoms with Crippen LogP contribution in [-0.4, -0.2) is 30.0 Å². The molecule has 2 saturated heterocycles. The van der Waals surface area contributed by atoms with Crippen LogP contribution >= 0.6 is 0 Å². The lowest BCUT2D eigenvalue weighted by Crippen LogP contribution is -2.46. The Labute approximate surface area is 230 Å². The Morgan fingerprint density at radius 3 is 2.20 bits per heavy atom. The van der Waals surface area contributed by atoms with Crippen LogP contribution in [0.3, 0.4) is 0 Å². The minimum atomic E-state index is -1.29. The van der Waals surface area contributed by atoms with E-state index < -0.39 is 71.0 Å². The van der Waals surface area contributed by atoms with E-state index in [-0.39, 0.29) is 12.3 Å². The van der Waals surface area contributed by atoms with Crippen molar-refractivity contribution in [1.82, 2.24) is 0 Å². The molecule has 9 heteroatoms. The number of ether oxygens (including phenoxy) is 3. The Hall–Kier alpha value is -3.62. The third-order valence-corrected chi connectivity index (χ3v) is 9.15. The lowest BCUT2D eigenvalue weighted by molar-refractivity contribution is -0.156. The minimum Gasteiger partial charge on any atom is -0.486 e. The van der Waals surface area contributed by atoms with Gasteiger partial charge in [0.15, 0.2) is 11.6 Å². The average Bonchev–Trinajstić information content (AvgIpc) is 3.43. The van der Waals surface area contributed by atoms with Crippen molar-refractivity contribution >= 4 is 23.9 Å². The van der Waals surface area contributed by atoms with Gasteiger partial charge in [-0.25, -0.2) is 4.39 Å². The lowest BCUT2D eigenvalue weighted by Gasteiger charge is -2.40. The molecule has 3 fully saturated rings. The van der Waals surface area contributed by atoms with E-state index in [4.69, 9.17) is 14.2 Å². The van der Waals surface area contributed by atoms with E-state index in [1.165, 1.54) is 12.1 Å². The summed E-state index contributed by atoms with van der Waals surface area (Å²) < 4.78 is 46.9. The van der Waals surface area contributed by atoms with Crippen molar-refractivity contribution < 1.29 is 42.2 Å². The molecule has 1 saturated carbocycles. The van der Waals surface area contributed by atoms with Crippen LogP contribution in [0.1, 0.15) is 86.3 Å². The molecular weight excluding hydrogens is 522 g/mol. The number of halogens is 2. The second-order valence-electron chi connectivity index (χ2n) is 11.4. The van der Waals surface area contributed by atoms with Crippen molar-refractivity contribution in [3.63, 3.8) is 0 Å². The smallest absolute Gasteiger partial charge is 0.322 e. The first-order valence-corrected chi connectivity index (χ1v) is 14.0. The predicted molar refractivity (Wildman–Crippen MR) is 136 cm³/mol. The molecule has 5 unspecified atom stereocenters. The average molecular weight is 553 g/mol. The first kappa shape index (κ1) is 26.6. The summed E-state index contributed by atoms with van der Waals surface area (Å²) >= 11 is 0. The Morgan fingerprint density at radius 2 is 1.52 bits per heavy atom. The zero-order chi connectivity index (χ0) is 28.1. The summed E-state index contributed by atoms with van der Waals surface area (Å²) in [5, 5.41) is 0. The Kier molecular flexibility index (Phi) is 6.92. The molecule has 210 valence electrons. The van der Waals surface area contributed by atoms with E-state index in [9.17, 15) is 19.2 Å². The van der Waals surface area contributed by atoms with Crippen molar-refractivity contribution in [2.24, 2.45) is 17.8 Å². The number of esters is 4. The minimum absolute atomic E-state index is 0.1000. The molecule has 6 rings (SSSR count). The molecule has 2 heterocycles. The normalized spacial score (nSPS) is 31.4. The van der Waals surface area contributed by atoms with Gasteiger partial charge in [0, 0.05) is 5.92 Å². The van der Waals surface area contributed by atoms with Gasteiger partial charge in [-0.05, 0) is 60.3 Å². The maximum absolute atomic E-state index is 15.6. The molecule has 5 atom stereocenters. The van der Waals surface area contributed by atoms with Crippen LogP contribution in [0.5, 0.6) is 5.75 Å². The molecule has 4 aliphatic rings. The molecule has 0 spiro atoms. The fourth-order valence-electron chi connectivity index (χ4n) is 7.28. The monoisotopic (exact) mass is 552 g/mol. The highest BCUT2D eigenvalue weighted by Gasteiger charge is 2.60. The highest BCUT2D eigenvalue weighted by Crippen LogP contribution is 2.52. The number of benzene rings is 2. The predicted octanol–water partition coefficient (Wildman–Crippen LogP) is 5.46. The molecule has 0 aromatic heterocycles. The van der Waals surface area contributed by atoms with Crippen LogP contribution in [0, 0.1) is 29.4 Å². The van der Waals surface area contributed by atoms with E-state index in [2.05, 4.69) is 6.92 Å². The summed E-state index contributed by atoms with van der Waals surface area (Å²) in [6.07, 6.45) is 4.17. The highest BCUT2D eigenvalue weighted by atomic mass is 19.2. The van der Waals surface area contributed by atoms with Gasteiger partial charge >= 0.3 is 23.9 Å². The molecule has 0 bridgehead atoms. The number of hydrogen-bond donors (Lipinski definition) is 0. The van der Waals surface area contributed by atoms with Gasteiger partial charge < -0.3 is 14.2 Å². The molecule has 0 amide bonds. The lowest BCUT2D eigenvalue weighted by atomic mass is 9.65. The van der Waals surface area contributed by atoms with Crippen LogP contribution in [-0.2, 0) is 28.7 Å². The van der Waals surface area contributed by atoms with Crippen LogP contribution < -0.4 is 4.74 Å². The molecule has 7 nitrogen and oxygen atoms in total. The maximum atomic E-state index is 15.6. The standard InChI is InChI=1S/C31H30F2O7/c1-2-5-15-8-10-16(11-9-15)17-12-13-21(27(33)26(17)32)38-28-23(20-14-22(34)39-29(20)35)18-6-3-4-7-19(18)24-25(28)31(37)40-30(24)36/h3-4,6-7,12-13,15-16,20,23-25,28H,2,5,8-11,14H2,1H3. The maximum Gasteiger partial charge on any atom is 0.322 e. The van der Waals surface area contributed by atoms with Crippen molar-refractivity contribution in [3.8, 4) is 5.75 Å². The van der Waals surface area contributed by atoms with Gasteiger partial charge in [0.2, 0.25) is 5.82 Å². The molecule has 2 aliphatic heterocycles. The Morgan fingerprint density at radius 1 is 0.800 bits per heavy atom. The van der Waals surface area contributed by atoms with Gasteiger partial charge in [-0.2, -0.15) is 4.39 Å². The van der Waals surface area contributed by atoms with Gasteiger partial charge in [-0.1, -0.05) is 50.1 Å². The fraction of sp³-hybridized carbons (Fsp3) is 0.484. The Balaban J connectivity index is 1.37. The molecule has 2 aromatic rings. The summed E-state index contributed by atoms with van der Waals surface area (Å²) in [5.41, 5.74) is 1.27. The molecule has 0 N–H and O–H groups in total. The highest BCUT2D eigenvalue weighted by molar-refractivity contribution is 6.01. The first-order valence-electron chi connectivity index (χ1n) is 14.0. The second-order valence-corrected chi connectivity index (χ2v) is 11.4. The van der Waals surface area contributed by atoms with E-state index >= 15 is 8.78 Å². The van der Waals surface area contributed by atoms with Crippen molar-refractivity contribution in [1.29, 1.82) is 0 Å². The number of rotatable bonds is 6. The number of hydrogen-bond acceptors (Lipinski definition) is 7. The largest absolute Gasteiger partial charge is 0.486 e. The number of fused-ring (bicyclic) bond motifs is 3. The third-order valence-electron chi connectivity index (χ3n) is 9.15. The topological polar surface area (TPSA) is 96.0 Å². The molecular formula is C31H30F2O7. The van der Waals surface area contributed by atoms with Gasteiger partial charge in [0.1, 0.15) is 12.0 Å². The van der Waals surface area contributed by atoms with E-state index in [1.807, 2.05) is 0 Å². The number of carbonyl (C=O) groups is 4. The van der Waals surface area contributed by atoms with Gasteiger partial charge in [0.05, 0.1) is 18.3 Å². The summed E-state index contributed by atoms with van der Waals surface area (Å²) in [6.45, 7) is 2.15. The van der Waals surface area contributed by atoms with Gasteiger partial charge in [0.25, 0.3) is 0 Å². The summed E-state index contributed by atoms with van der Waals surface area (Å²) in [5.74, 6) is -9.52. The summed E-state index contributed by atoms with van der Waals surface area (Å²) in [6, 6.07) is 9.58. The molecule has 40 heavy (non-hydrogen) atoms. The zero-order valence-corrected chi connectivity index (χ0v) is 22.1. The van der Waals surface area contributed by atoms with Gasteiger partial charge in [-0.3, -0.25) is 19.2 Å². The van der Waals surface area contributed by atoms with Crippen LogP contribution in [0.4, 0.5) is 8.78 Å². The number of carbonyl (C=O) groups excluding carboxylic acids is 4. The summed E-state index contributed by atoms with van der Waals surface area (Å²) in [7, 11) is 0. The van der Waals surface area contributed by atoms with E-state index in [1.54, 1.807) is 24.3 Å². The van der Waals surface area contributed by atoms with Crippen LogP contribution in [0.15, 0.2) is 36.4 Å². The zero-order valence-electron chi connectivity index (χ0n) is 22.1. The quantitative estimate of drug-likeness (QED) is 0.347. The van der Waals surface area contributed by atoms with E-state index in [0.29, 0.717) is 22.6 Å².